The second-order valence-corrected chi connectivity index (χ2v) is 7.01. The first-order valence-electron chi connectivity index (χ1n) is 4.36. The van der Waals surface area contributed by atoms with E-state index in [1.54, 1.807) is 0 Å². The first-order valence-corrected chi connectivity index (χ1v) is 7.80. The van der Waals surface area contributed by atoms with Gasteiger partial charge in [-0.2, -0.15) is 0 Å². The Kier molecular flexibility index (Phi) is 29.2. The molecule has 0 heterocycles. The van der Waals surface area contributed by atoms with E-state index < -0.39 is 7.95 Å². The van der Waals surface area contributed by atoms with Crippen LogP contribution < -0.4 is 103 Å². The van der Waals surface area contributed by atoms with E-state index in [0.29, 0.717) is 24.2 Å². The molecular formula is C7H15Na3O5SSi. The zero-order valence-electron chi connectivity index (χ0n) is 11.4. The Hall–Kier alpha value is 3.37. The molecule has 0 unspecified atom stereocenters. The summed E-state index contributed by atoms with van der Waals surface area (Å²) in [5, 5.41) is 0. The van der Waals surface area contributed by atoms with Crippen LogP contribution in [0.1, 0.15) is 20.3 Å². The summed E-state index contributed by atoms with van der Waals surface area (Å²) in [7, 11) is -4.66. The molecule has 86 valence electrons. The molecule has 0 aliphatic rings. The molecule has 0 saturated carbocycles. The van der Waals surface area contributed by atoms with Crippen molar-refractivity contribution in [2.75, 3.05) is 19.2 Å². The van der Waals surface area contributed by atoms with Gasteiger partial charge in [0, 0.05) is 0 Å². The van der Waals surface area contributed by atoms with Crippen molar-refractivity contribution in [3.8, 4) is 0 Å². The largest absolute Gasteiger partial charge is 1.00 e. The second-order valence-electron chi connectivity index (χ2n) is 2.94. The SMILES string of the molecule is CC(C)OCOCCCS[Si]([O-])([O-])[O-].[Na+].[Na+].[Na+]. The molecule has 10 heteroatoms. The van der Waals surface area contributed by atoms with Gasteiger partial charge in [-0.1, -0.05) is 0 Å². The van der Waals surface area contributed by atoms with Crippen molar-refractivity contribution in [1.82, 2.24) is 0 Å². The molecule has 0 aliphatic heterocycles. The van der Waals surface area contributed by atoms with Crippen LogP contribution in [-0.4, -0.2) is 33.2 Å². The van der Waals surface area contributed by atoms with Gasteiger partial charge >= 0.3 is 88.7 Å². The molecule has 0 aromatic carbocycles. The topological polar surface area (TPSA) is 87.6 Å². The average molecular weight is 308 g/mol. The summed E-state index contributed by atoms with van der Waals surface area (Å²) in [4.78, 5) is 30.6. The Morgan fingerprint density at radius 1 is 1.12 bits per heavy atom. The van der Waals surface area contributed by atoms with E-state index in [-0.39, 0.29) is 107 Å². The molecule has 0 aliphatic carbocycles. The zero-order valence-corrected chi connectivity index (χ0v) is 19.2. The summed E-state index contributed by atoms with van der Waals surface area (Å²) in [5.41, 5.74) is 0. The van der Waals surface area contributed by atoms with Crippen LogP contribution in [0, 0.1) is 0 Å². The van der Waals surface area contributed by atoms with Crippen LogP contribution in [0.2, 0.25) is 0 Å². The minimum absolute atomic E-state index is 0. The summed E-state index contributed by atoms with van der Waals surface area (Å²) in [6, 6.07) is 0. The molecular weight excluding hydrogens is 293 g/mol. The summed E-state index contributed by atoms with van der Waals surface area (Å²) in [6.07, 6.45) is 0.655. The predicted octanol–water partition coefficient (Wildman–Crippen LogP) is -11.0. The molecule has 0 radical (unpaired) electrons. The summed E-state index contributed by atoms with van der Waals surface area (Å²) in [5.74, 6) is 0.282. The van der Waals surface area contributed by atoms with E-state index in [2.05, 4.69) is 0 Å². The van der Waals surface area contributed by atoms with E-state index in [1.807, 2.05) is 13.8 Å². The minimum atomic E-state index is -4.66. The van der Waals surface area contributed by atoms with Crippen LogP contribution in [0.25, 0.3) is 0 Å². The summed E-state index contributed by atoms with van der Waals surface area (Å²) >= 11 is 0.449. The number of rotatable bonds is 8. The summed E-state index contributed by atoms with van der Waals surface area (Å²) in [6.45, 7) is 4.40. The van der Waals surface area contributed by atoms with Crippen molar-refractivity contribution >= 4 is 19.2 Å². The average Bonchev–Trinajstić information content (AvgIpc) is 2.00. The minimum Gasteiger partial charge on any atom is -0.873 e. The Morgan fingerprint density at radius 2 is 1.65 bits per heavy atom. The number of hydrogen-bond acceptors (Lipinski definition) is 6. The number of ether oxygens (including phenoxy) is 2. The van der Waals surface area contributed by atoms with E-state index in [4.69, 9.17) is 9.47 Å². The third kappa shape index (κ3) is 28.3. The Morgan fingerprint density at radius 3 is 2.06 bits per heavy atom. The zero-order chi connectivity index (χ0) is 11.0. The van der Waals surface area contributed by atoms with Crippen molar-refractivity contribution in [3.05, 3.63) is 0 Å². The van der Waals surface area contributed by atoms with Gasteiger partial charge in [-0.05, 0) is 26.0 Å². The van der Waals surface area contributed by atoms with E-state index >= 15 is 0 Å². The molecule has 0 spiro atoms. The second kappa shape index (κ2) is 17.4. The Labute approximate surface area is 174 Å². The van der Waals surface area contributed by atoms with Crippen molar-refractivity contribution in [2.45, 2.75) is 26.4 Å². The normalized spacial score (nSPS) is 10.2. The van der Waals surface area contributed by atoms with Gasteiger partial charge in [0.15, 0.2) is 0 Å². The van der Waals surface area contributed by atoms with Crippen LogP contribution in [0.15, 0.2) is 0 Å². The third-order valence-electron chi connectivity index (χ3n) is 1.20. The predicted molar refractivity (Wildman–Crippen MR) is 49.9 cm³/mol. The molecule has 0 saturated heterocycles. The van der Waals surface area contributed by atoms with Crippen LogP contribution in [0.4, 0.5) is 0 Å². The van der Waals surface area contributed by atoms with Gasteiger partial charge in [-0.3, -0.25) is 0 Å². The van der Waals surface area contributed by atoms with Crippen LogP contribution in [-0.2, 0) is 9.47 Å². The first kappa shape index (κ1) is 28.5. The Bertz CT molecular complexity index is 150. The van der Waals surface area contributed by atoms with Gasteiger partial charge in [0.1, 0.15) is 6.79 Å². The standard InChI is InChI=1S/C7H15O5SSi.3Na/c1-7(2)12-6-11-4-3-5-13-14(8,9)10;;;/h7H,3-6H2,1-2H3;;;/q-3;3*+1. The van der Waals surface area contributed by atoms with Gasteiger partial charge in [0.05, 0.1) is 12.7 Å². The fraction of sp³-hybridized carbons (Fsp3) is 1.00. The molecule has 0 atom stereocenters. The molecule has 0 N–H and O–H groups in total. The first-order chi connectivity index (χ1) is 6.42. The molecule has 17 heavy (non-hydrogen) atoms. The quantitative estimate of drug-likeness (QED) is 0.251. The molecule has 0 aromatic heterocycles. The molecule has 0 fully saturated rings. The smallest absolute Gasteiger partial charge is 0.873 e. The van der Waals surface area contributed by atoms with E-state index in [9.17, 15) is 14.4 Å². The van der Waals surface area contributed by atoms with Crippen LogP contribution in [0.3, 0.4) is 0 Å². The molecule has 0 aromatic rings. The molecule has 0 bridgehead atoms. The maximum atomic E-state index is 10.2. The van der Waals surface area contributed by atoms with Gasteiger partial charge < -0.3 is 23.9 Å². The van der Waals surface area contributed by atoms with Crippen LogP contribution in [0.5, 0.6) is 0 Å². The fourth-order valence-corrected chi connectivity index (χ4v) is 2.30. The Balaban J connectivity index is -0.000000282. The van der Waals surface area contributed by atoms with Crippen molar-refractivity contribution < 1.29 is 113 Å². The maximum absolute atomic E-state index is 10.2. The fourth-order valence-electron chi connectivity index (χ4n) is 0.601. The molecule has 5 nitrogen and oxygen atoms in total. The van der Waals surface area contributed by atoms with Crippen molar-refractivity contribution in [3.63, 3.8) is 0 Å². The van der Waals surface area contributed by atoms with Crippen LogP contribution >= 0.6 is 11.2 Å². The van der Waals surface area contributed by atoms with Crippen molar-refractivity contribution in [2.24, 2.45) is 0 Å². The number of hydrogen-bond donors (Lipinski definition) is 0. The third-order valence-corrected chi connectivity index (χ3v) is 3.72. The van der Waals surface area contributed by atoms with Crippen molar-refractivity contribution in [1.29, 1.82) is 0 Å². The molecule has 0 amide bonds. The monoisotopic (exact) mass is 308 g/mol. The van der Waals surface area contributed by atoms with Gasteiger partial charge in [0.2, 0.25) is 0 Å². The molecule has 0 rings (SSSR count). The van der Waals surface area contributed by atoms with E-state index in [0.717, 1.165) is 0 Å². The van der Waals surface area contributed by atoms with Gasteiger partial charge in [0.25, 0.3) is 0 Å². The van der Waals surface area contributed by atoms with E-state index in [1.165, 1.54) is 0 Å². The summed E-state index contributed by atoms with van der Waals surface area (Å²) < 4.78 is 10.1. The van der Waals surface area contributed by atoms with Gasteiger partial charge in [-0.25, -0.2) is 19.2 Å². The van der Waals surface area contributed by atoms with Gasteiger partial charge in [-0.15, -0.1) is 0 Å². The maximum Gasteiger partial charge on any atom is 1.00 e.